The summed E-state index contributed by atoms with van der Waals surface area (Å²) in [6.45, 7) is 7.68. The molecule has 0 bridgehead atoms. The summed E-state index contributed by atoms with van der Waals surface area (Å²) in [5.74, 6) is 0.977. The quantitative estimate of drug-likeness (QED) is 0.839. The molecule has 4 nitrogen and oxygen atoms in total. The number of H-pyrrole nitrogens is 1. The number of anilines is 1. The Hall–Kier alpha value is -1.84. The molecule has 4 heteroatoms. The van der Waals surface area contributed by atoms with Crippen LogP contribution in [0.5, 0.6) is 0 Å². The molecule has 1 aromatic carbocycles. The summed E-state index contributed by atoms with van der Waals surface area (Å²) in [6, 6.07) is 5.81. The van der Waals surface area contributed by atoms with Gasteiger partial charge in [-0.1, -0.05) is 20.8 Å². The fraction of sp³-hybridized carbons (Fsp3) is 0.429. The number of nitrogens with zero attached hydrogens (tertiary/aromatic N) is 2. The number of amides is 1. The number of hydrogen-bond acceptors (Lipinski definition) is 2. The lowest BCUT2D eigenvalue weighted by Gasteiger charge is -2.26. The van der Waals surface area contributed by atoms with Crippen LogP contribution in [0.1, 0.15) is 26.6 Å². The first-order valence-electron chi connectivity index (χ1n) is 6.03. The average Bonchev–Trinajstić information content (AvgIpc) is 2.64. The van der Waals surface area contributed by atoms with Crippen LogP contribution in [0.3, 0.4) is 0 Å². The van der Waals surface area contributed by atoms with Gasteiger partial charge in [0.2, 0.25) is 5.91 Å². The van der Waals surface area contributed by atoms with Gasteiger partial charge in [-0.25, -0.2) is 4.98 Å². The molecule has 0 spiro atoms. The number of aromatic amines is 1. The number of nitrogens with one attached hydrogen (secondary N) is 1. The molecule has 0 unspecified atom stereocenters. The van der Waals surface area contributed by atoms with Gasteiger partial charge in [-0.15, -0.1) is 0 Å². The summed E-state index contributed by atoms with van der Waals surface area (Å²) in [5, 5.41) is 0. The zero-order valence-electron chi connectivity index (χ0n) is 11.5. The van der Waals surface area contributed by atoms with Crippen LogP contribution >= 0.6 is 0 Å². The smallest absolute Gasteiger partial charge is 0.232 e. The fourth-order valence-corrected chi connectivity index (χ4v) is 1.95. The highest BCUT2D eigenvalue weighted by Crippen LogP contribution is 2.24. The normalized spacial score (nSPS) is 11.8. The Morgan fingerprint density at radius 2 is 2.00 bits per heavy atom. The van der Waals surface area contributed by atoms with Gasteiger partial charge < -0.3 is 9.88 Å². The molecule has 0 aliphatic heterocycles. The molecule has 0 aliphatic carbocycles. The van der Waals surface area contributed by atoms with Crippen molar-refractivity contribution in [3.63, 3.8) is 0 Å². The Morgan fingerprint density at radius 3 is 2.61 bits per heavy atom. The van der Waals surface area contributed by atoms with E-state index < -0.39 is 0 Å². The minimum absolute atomic E-state index is 0.0955. The second-order valence-electron chi connectivity index (χ2n) is 5.64. The van der Waals surface area contributed by atoms with Crippen molar-refractivity contribution < 1.29 is 4.79 Å². The van der Waals surface area contributed by atoms with Gasteiger partial charge in [-0.2, -0.15) is 0 Å². The van der Waals surface area contributed by atoms with Crippen molar-refractivity contribution in [1.82, 2.24) is 9.97 Å². The van der Waals surface area contributed by atoms with Gasteiger partial charge in [0.15, 0.2) is 0 Å². The van der Waals surface area contributed by atoms with Crippen molar-refractivity contribution in [1.29, 1.82) is 0 Å². The molecule has 2 aromatic rings. The Balaban J connectivity index is 2.39. The standard InChI is InChI=1S/C14H19N3O/c1-9-15-11-7-6-10(8-12(11)16-9)17(5)13(18)14(2,3)4/h6-8H,1-5H3,(H,15,16). The van der Waals surface area contributed by atoms with E-state index in [1.807, 2.05) is 45.9 Å². The highest BCUT2D eigenvalue weighted by molar-refractivity contribution is 5.97. The molecule has 1 heterocycles. The summed E-state index contributed by atoms with van der Waals surface area (Å²) < 4.78 is 0. The average molecular weight is 245 g/mol. The number of aryl methyl sites for hydroxylation is 1. The zero-order chi connectivity index (χ0) is 13.5. The second kappa shape index (κ2) is 4.12. The number of aromatic nitrogens is 2. The maximum absolute atomic E-state index is 12.2. The van der Waals surface area contributed by atoms with Crippen LogP contribution in [0, 0.1) is 12.3 Å². The van der Waals surface area contributed by atoms with Crippen LogP contribution in [-0.4, -0.2) is 22.9 Å². The number of imidazole rings is 1. The van der Waals surface area contributed by atoms with Crippen LogP contribution in [0.15, 0.2) is 18.2 Å². The Labute approximate surface area is 107 Å². The van der Waals surface area contributed by atoms with Crippen LogP contribution in [0.2, 0.25) is 0 Å². The van der Waals surface area contributed by atoms with Gasteiger partial charge in [0, 0.05) is 18.2 Å². The number of carbonyl (C=O) groups is 1. The first-order valence-corrected chi connectivity index (χ1v) is 6.03. The van der Waals surface area contributed by atoms with E-state index in [-0.39, 0.29) is 11.3 Å². The SMILES string of the molecule is Cc1nc2ccc(N(C)C(=O)C(C)(C)C)cc2[nH]1. The van der Waals surface area contributed by atoms with Crippen molar-refractivity contribution in [2.24, 2.45) is 5.41 Å². The topological polar surface area (TPSA) is 49.0 Å². The van der Waals surface area contributed by atoms with E-state index >= 15 is 0 Å². The Kier molecular flexibility index (Phi) is 2.89. The van der Waals surface area contributed by atoms with E-state index in [9.17, 15) is 4.79 Å². The molecule has 1 aromatic heterocycles. The molecule has 0 radical (unpaired) electrons. The summed E-state index contributed by atoms with van der Waals surface area (Å²) in [4.78, 5) is 21.4. The molecule has 1 N–H and O–H groups in total. The number of rotatable bonds is 1. The largest absolute Gasteiger partial charge is 0.342 e. The molecule has 1 amide bonds. The van der Waals surface area contributed by atoms with E-state index in [2.05, 4.69) is 9.97 Å². The van der Waals surface area contributed by atoms with E-state index in [0.717, 1.165) is 22.5 Å². The highest BCUT2D eigenvalue weighted by atomic mass is 16.2. The molecular weight excluding hydrogens is 226 g/mol. The van der Waals surface area contributed by atoms with Gasteiger partial charge >= 0.3 is 0 Å². The molecule has 96 valence electrons. The molecule has 18 heavy (non-hydrogen) atoms. The number of benzene rings is 1. The van der Waals surface area contributed by atoms with E-state index in [1.165, 1.54) is 0 Å². The van der Waals surface area contributed by atoms with Gasteiger partial charge in [0.1, 0.15) is 5.82 Å². The fourth-order valence-electron chi connectivity index (χ4n) is 1.95. The monoisotopic (exact) mass is 245 g/mol. The molecule has 0 fully saturated rings. The third kappa shape index (κ3) is 2.23. The van der Waals surface area contributed by atoms with Crippen molar-refractivity contribution in [2.45, 2.75) is 27.7 Å². The predicted molar refractivity (Wildman–Crippen MR) is 73.7 cm³/mol. The minimum Gasteiger partial charge on any atom is -0.342 e. The van der Waals surface area contributed by atoms with Gasteiger partial charge in [0.05, 0.1) is 11.0 Å². The molecular formula is C14H19N3O. The Bertz CT molecular complexity index is 593. The summed E-state index contributed by atoms with van der Waals surface area (Å²) in [6.07, 6.45) is 0. The number of hydrogen-bond donors (Lipinski definition) is 1. The van der Waals surface area contributed by atoms with Gasteiger partial charge in [0.25, 0.3) is 0 Å². The van der Waals surface area contributed by atoms with Crippen LogP contribution in [0.25, 0.3) is 11.0 Å². The first kappa shape index (κ1) is 12.6. The predicted octanol–water partition coefficient (Wildman–Crippen LogP) is 2.88. The molecule has 2 rings (SSSR count). The molecule has 0 aliphatic rings. The van der Waals surface area contributed by atoms with E-state index in [4.69, 9.17) is 0 Å². The van der Waals surface area contributed by atoms with Crippen LogP contribution in [0.4, 0.5) is 5.69 Å². The molecule has 0 atom stereocenters. The van der Waals surface area contributed by atoms with Crippen molar-refractivity contribution in [3.05, 3.63) is 24.0 Å². The van der Waals surface area contributed by atoms with Gasteiger partial charge in [-0.05, 0) is 25.1 Å². The van der Waals surface area contributed by atoms with Gasteiger partial charge in [-0.3, -0.25) is 4.79 Å². The highest BCUT2D eigenvalue weighted by Gasteiger charge is 2.25. The summed E-state index contributed by atoms with van der Waals surface area (Å²) in [7, 11) is 1.80. The van der Waals surface area contributed by atoms with E-state index in [1.54, 1.807) is 11.9 Å². The third-order valence-corrected chi connectivity index (χ3v) is 2.92. The van der Waals surface area contributed by atoms with Crippen molar-refractivity contribution in [3.8, 4) is 0 Å². The lowest BCUT2D eigenvalue weighted by Crippen LogP contribution is -2.36. The third-order valence-electron chi connectivity index (χ3n) is 2.92. The zero-order valence-corrected chi connectivity index (χ0v) is 11.5. The van der Waals surface area contributed by atoms with Crippen molar-refractivity contribution in [2.75, 3.05) is 11.9 Å². The molecule has 0 saturated carbocycles. The van der Waals surface area contributed by atoms with Crippen LogP contribution in [-0.2, 0) is 4.79 Å². The first-order chi connectivity index (χ1) is 8.29. The summed E-state index contributed by atoms with van der Waals surface area (Å²) >= 11 is 0. The second-order valence-corrected chi connectivity index (χ2v) is 5.64. The Morgan fingerprint density at radius 1 is 1.33 bits per heavy atom. The number of carbonyl (C=O) groups excluding carboxylic acids is 1. The lowest BCUT2D eigenvalue weighted by molar-refractivity contribution is -0.125. The minimum atomic E-state index is -0.381. The summed E-state index contributed by atoms with van der Waals surface area (Å²) in [5.41, 5.74) is 2.38. The lowest BCUT2D eigenvalue weighted by atomic mass is 9.94. The maximum Gasteiger partial charge on any atom is 0.232 e. The van der Waals surface area contributed by atoms with E-state index in [0.29, 0.717) is 0 Å². The van der Waals surface area contributed by atoms with Crippen LogP contribution < -0.4 is 4.90 Å². The number of fused-ring (bicyclic) bond motifs is 1. The molecule has 0 saturated heterocycles. The maximum atomic E-state index is 12.2. The van der Waals surface area contributed by atoms with Crippen molar-refractivity contribution >= 4 is 22.6 Å².